The lowest BCUT2D eigenvalue weighted by Gasteiger charge is -2.11. The van der Waals surface area contributed by atoms with Crippen LogP contribution < -0.4 is 23.7 Å². The van der Waals surface area contributed by atoms with Gasteiger partial charge in [-0.15, -0.1) is 0 Å². The van der Waals surface area contributed by atoms with Crippen molar-refractivity contribution < 1.29 is 38.2 Å². The molecule has 2 aromatic carbocycles. The minimum atomic E-state index is -1.86. The molecule has 0 aliphatic rings. The summed E-state index contributed by atoms with van der Waals surface area (Å²) in [5, 5.41) is 20.6. The molecular weight excluding hydrogens is 426 g/mol. The van der Waals surface area contributed by atoms with Crippen LogP contribution in [0, 0.1) is 0 Å². The van der Waals surface area contributed by atoms with Crippen LogP contribution in [0.25, 0.3) is 12.2 Å². The Bertz CT molecular complexity index is 901. The van der Waals surface area contributed by atoms with E-state index in [-0.39, 0.29) is 11.5 Å². The Kier molecular flexibility index (Phi) is 8.33. The van der Waals surface area contributed by atoms with Crippen LogP contribution in [0.5, 0.6) is 34.5 Å². The molecule has 0 bridgehead atoms. The number of amides is 1. The van der Waals surface area contributed by atoms with Crippen molar-refractivity contribution in [2.45, 2.75) is 0 Å². The first-order chi connectivity index (χ1) is 14.8. The lowest BCUT2D eigenvalue weighted by Crippen LogP contribution is -2.21. The molecule has 0 heterocycles. The molecule has 10 heteroatoms. The third-order valence-electron chi connectivity index (χ3n) is 4.02. The Morgan fingerprint density at radius 1 is 0.806 bits per heavy atom. The van der Waals surface area contributed by atoms with E-state index in [1.807, 2.05) is 0 Å². The van der Waals surface area contributed by atoms with Gasteiger partial charge in [-0.1, -0.05) is 0 Å². The molecule has 31 heavy (non-hydrogen) atoms. The predicted molar refractivity (Wildman–Crippen MR) is 117 cm³/mol. The number of hydrogen-bond acceptors (Lipinski definition) is 8. The van der Waals surface area contributed by atoms with Crippen molar-refractivity contribution in [1.29, 1.82) is 0 Å². The third kappa shape index (κ3) is 6.16. The van der Waals surface area contributed by atoms with Gasteiger partial charge in [0.1, 0.15) is 45.5 Å². The maximum Gasteiger partial charge on any atom is 0.255 e. The monoisotopic (exact) mass is 449 g/mol. The van der Waals surface area contributed by atoms with E-state index in [0.717, 1.165) is 6.08 Å². The summed E-state index contributed by atoms with van der Waals surface area (Å²) < 4.78 is 35.3. The summed E-state index contributed by atoms with van der Waals surface area (Å²) in [6, 6.07) is 5.51. The van der Waals surface area contributed by atoms with Gasteiger partial charge in [0.15, 0.2) is 0 Å². The highest BCUT2D eigenvalue weighted by atomic mass is 32.2. The Balaban J connectivity index is 2.15. The van der Waals surface area contributed by atoms with Gasteiger partial charge < -0.3 is 29.2 Å². The van der Waals surface area contributed by atoms with Gasteiger partial charge in [-0.25, -0.2) is 4.21 Å². The van der Waals surface area contributed by atoms with Gasteiger partial charge >= 0.3 is 0 Å². The highest BCUT2D eigenvalue weighted by Gasteiger charge is 2.12. The number of carbonyl (C=O) groups is 1. The molecule has 0 fully saturated rings. The van der Waals surface area contributed by atoms with Crippen LogP contribution >= 0.6 is 0 Å². The lowest BCUT2D eigenvalue weighted by atomic mass is 10.1. The quantitative estimate of drug-likeness (QED) is 0.499. The molecule has 166 valence electrons. The minimum Gasteiger partial charge on any atom is -0.508 e. The molecule has 0 spiro atoms. The van der Waals surface area contributed by atoms with Crippen LogP contribution in [0.4, 0.5) is 0 Å². The molecule has 0 aliphatic carbocycles. The van der Waals surface area contributed by atoms with E-state index in [4.69, 9.17) is 18.9 Å². The molecule has 1 atom stereocenters. The van der Waals surface area contributed by atoms with Crippen molar-refractivity contribution in [1.82, 2.24) is 4.72 Å². The fraction of sp³-hybridized carbons (Fsp3) is 0.190. The second-order valence-electron chi connectivity index (χ2n) is 5.93. The zero-order valence-corrected chi connectivity index (χ0v) is 18.2. The van der Waals surface area contributed by atoms with Crippen molar-refractivity contribution >= 4 is 29.0 Å². The number of hydrogen-bond donors (Lipinski definition) is 3. The van der Waals surface area contributed by atoms with Gasteiger partial charge in [0, 0.05) is 35.7 Å². The highest BCUT2D eigenvalue weighted by molar-refractivity contribution is 7.86. The molecule has 0 saturated heterocycles. The van der Waals surface area contributed by atoms with Crippen molar-refractivity contribution in [3.05, 3.63) is 46.9 Å². The second kappa shape index (κ2) is 10.9. The smallest absolute Gasteiger partial charge is 0.255 e. The number of rotatable bonds is 9. The fourth-order valence-corrected chi connectivity index (χ4v) is 3.23. The SMILES string of the molecule is COc1cc(O)cc(OC)c1/C=C/C(=O)NS(=O)/C=C/c1c(OC)cc(O)cc1OC. The molecule has 1 amide bonds. The molecule has 0 aromatic heterocycles. The molecule has 9 nitrogen and oxygen atoms in total. The molecule has 0 aliphatic heterocycles. The summed E-state index contributed by atoms with van der Waals surface area (Å²) >= 11 is 0. The standard InChI is InChI=1S/C21H23NO8S/c1-27-17-9-13(23)10-18(28-2)15(17)5-6-21(25)22-31(26)8-7-16-19(29-3)11-14(24)12-20(16)30-4/h5-12,23-24H,1-4H3,(H,22,25)/b6-5+,8-7+. The summed E-state index contributed by atoms with van der Waals surface area (Å²) in [5.74, 6) is 0.476. The van der Waals surface area contributed by atoms with Gasteiger partial charge in [-0.2, -0.15) is 0 Å². The van der Waals surface area contributed by atoms with Crippen LogP contribution in [0.15, 0.2) is 35.7 Å². The number of nitrogens with one attached hydrogen (secondary N) is 1. The van der Waals surface area contributed by atoms with E-state index in [1.165, 1.54) is 70.3 Å². The number of phenols is 2. The Morgan fingerprint density at radius 3 is 1.58 bits per heavy atom. The minimum absolute atomic E-state index is 0.0505. The Labute approximate surface area is 182 Å². The van der Waals surface area contributed by atoms with Crippen molar-refractivity contribution in [3.63, 3.8) is 0 Å². The number of phenolic OH excluding ortho intramolecular Hbond substituents is 2. The van der Waals surface area contributed by atoms with Gasteiger partial charge in [-0.3, -0.25) is 9.52 Å². The van der Waals surface area contributed by atoms with Gasteiger partial charge in [0.2, 0.25) is 0 Å². The van der Waals surface area contributed by atoms with Crippen LogP contribution in [0.3, 0.4) is 0 Å². The van der Waals surface area contributed by atoms with Crippen molar-refractivity contribution in [2.24, 2.45) is 0 Å². The summed E-state index contributed by atoms with van der Waals surface area (Å²) in [5.41, 5.74) is 0.873. The number of benzene rings is 2. The van der Waals surface area contributed by atoms with E-state index in [2.05, 4.69) is 4.72 Å². The predicted octanol–water partition coefficient (Wildman–Crippen LogP) is 2.60. The Hall–Kier alpha value is -3.66. The van der Waals surface area contributed by atoms with Gasteiger partial charge in [-0.05, 0) is 12.2 Å². The highest BCUT2D eigenvalue weighted by Crippen LogP contribution is 2.35. The summed E-state index contributed by atoms with van der Waals surface area (Å²) in [6.45, 7) is 0. The second-order valence-corrected chi connectivity index (χ2v) is 7.00. The molecule has 1 unspecified atom stereocenters. The van der Waals surface area contributed by atoms with Gasteiger partial charge in [0.05, 0.1) is 39.6 Å². The average Bonchev–Trinajstić information content (AvgIpc) is 2.75. The molecule has 3 N–H and O–H groups in total. The number of methoxy groups -OCH3 is 4. The molecule has 0 saturated carbocycles. The van der Waals surface area contributed by atoms with Crippen molar-refractivity contribution in [2.75, 3.05) is 28.4 Å². The van der Waals surface area contributed by atoms with E-state index < -0.39 is 16.9 Å². The first-order valence-corrected chi connectivity index (χ1v) is 10.0. The fourth-order valence-electron chi connectivity index (χ4n) is 2.63. The topological polar surface area (TPSA) is 124 Å². The van der Waals surface area contributed by atoms with Crippen LogP contribution in [-0.4, -0.2) is 48.8 Å². The summed E-state index contributed by atoms with van der Waals surface area (Å²) in [4.78, 5) is 12.2. The van der Waals surface area contributed by atoms with E-state index >= 15 is 0 Å². The maximum atomic E-state index is 12.2. The molecule has 0 radical (unpaired) electrons. The van der Waals surface area contributed by atoms with Crippen LogP contribution in [0.2, 0.25) is 0 Å². The van der Waals surface area contributed by atoms with Crippen molar-refractivity contribution in [3.8, 4) is 34.5 Å². The Morgan fingerprint density at radius 2 is 1.19 bits per heavy atom. The average molecular weight is 449 g/mol. The molecule has 2 rings (SSSR count). The van der Waals surface area contributed by atoms with Gasteiger partial charge in [0.25, 0.3) is 5.91 Å². The first-order valence-electron chi connectivity index (χ1n) is 8.80. The zero-order valence-electron chi connectivity index (χ0n) is 17.4. The normalized spacial score (nSPS) is 12.0. The molecular formula is C21H23NO8S. The largest absolute Gasteiger partial charge is 0.508 e. The van der Waals surface area contributed by atoms with Crippen LogP contribution in [0.1, 0.15) is 11.1 Å². The van der Waals surface area contributed by atoms with E-state index in [0.29, 0.717) is 34.1 Å². The summed E-state index contributed by atoms with van der Waals surface area (Å²) in [7, 11) is 3.80. The maximum absolute atomic E-state index is 12.2. The lowest BCUT2D eigenvalue weighted by molar-refractivity contribution is -0.114. The number of aromatic hydroxyl groups is 2. The van der Waals surface area contributed by atoms with E-state index in [9.17, 15) is 19.2 Å². The van der Waals surface area contributed by atoms with Crippen LogP contribution in [-0.2, 0) is 15.8 Å². The molecule has 2 aromatic rings. The zero-order chi connectivity index (χ0) is 23.0. The number of ether oxygens (including phenoxy) is 4. The van der Waals surface area contributed by atoms with E-state index in [1.54, 1.807) is 0 Å². The number of carbonyl (C=O) groups excluding carboxylic acids is 1. The summed E-state index contributed by atoms with van der Waals surface area (Å²) in [6.07, 6.45) is 4.02. The first kappa shape index (κ1) is 23.6. The third-order valence-corrected chi connectivity index (χ3v) is 4.80.